The van der Waals surface area contributed by atoms with Crippen molar-refractivity contribution in [1.82, 2.24) is 15.1 Å². The fourth-order valence-corrected chi connectivity index (χ4v) is 5.05. The van der Waals surface area contributed by atoms with E-state index >= 15 is 0 Å². The molecule has 0 saturated carbocycles. The number of amides is 2. The van der Waals surface area contributed by atoms with E-state index in [1.807, 2.05) is 13.0 Å². The van der Waals surface area contributed by atoms with Crippen molar-refractivity contribution in [3.05, 3.63) is 68.7 Å². The number of likely N-dealkylation sites (tertiary alicyclic amines) is 2. The maximum atomic E-state index is 13.6. The van der Waals surface area contributed by atoms with Crippen LogP contribution in [0.3, 0.4) is 0 Å². The predicted molar refractivity (Wildman–Crippen MR) is 124 cm³/mol. The molecule has 0 bridgehead atoms. The summed E-state index contributed by atoms with van der Waals surface area (Å²) in [5, 5.41) is 3.43. The lowest BCUT2D eigenvalue weighted by atomic mass is 10.0. The molecule has 0 aromatic heterocycles. The van der Waals surface area contributed by atoms with Crippen molar-refractivity contribution in [2.45, 2.75) is 13.3 Å². The van der Waals surface area contributed by atoms with Gasteiger partial charge in [0.1, 0.15) is 0 Å². The maximum absolute atomic E-state index is 13.6. The molecular weight excluding hydrogens is 471 g/mol. The molecule has 2 atom stereocenters. The van der Waals surface area contributed by atoms with E-state index < -0.39 is 11.6 Å². The molecule has 2 aromatic rings. The molecule has 2 unspecified atom stereocenters. The van der Waals surface area contributed by atoms with Crippen molar-refractivity contribution in [2.75, 3.05) is 39.3 Å². The number of rotatable bonds is 6. The Morgan fingerprint density at radius 2 is 1.67 bits per heavy atom. The summed E-state index contributed by atoms with van der Waals surface area (Å²) in [6, 6.07) is 6.98. The molecule has 0 spiro atoms. The molecule has 0 radical (unpaired) electrons. The first-order valence-electron chi connectivity index (χ1n) is 10.9. The van der Waals surface area contributed by atoms with E-state index in [9.17, 15) is 18.4 Å². The normalized spacial score (nSPS) is 20.2. The second kappa shape index (κ2) is 9.95. The highest BCUT2D eigenvalue weighted by atomic mass is 35.5. The number of carbonyl (C=O) groups is 2. The van der Waals surface area contributed by atoms with E-state index in [0.717, 1.165) is 43.8 Å². The van der Waals surface area contributed by atoms with Gasteiger partial charge in [-0.3, -0.25) is 9.59 Å². The van der Waals surface area contributed by atoms with Gasteiger partial charge in [0.05, 0.1) is 10.6 Å². The minimum atomic E-state index is -1.08. The van der Waals surface area contributed by atoms with Gasteiger partial charge < -0.3 is 15.1 Å². The SMILES string of the molecule is Cc1ccc(C(=O)NCCCN2CC3CN(C(=O)c4cc(F)c(F)cc4Cl)CC3C2)cc1Cl. The van der Waals surface area contributed by atoms with Gasteiger partial charge in [-0.2, -0.15) is 0 Å². The lowest BCUT2D eigenvalue weighted by Crippen LogP contribution is -2.34. The van der Waals surface area contributed by atoms with Gasteiger partial charge in [0.15, 0.2) is 11.6 Å². The molecule has 9 heteroatoms. The van der Waals surface area contributed by atoms with Gasteiger partial charge in [-0.25, -0.2) is 8.78 Å². The molecule has 0 aliphatic carbocycles. The van der Waals surface area contributed by atoms with Gasteiger partial charge in [0.2, 0.25) is 0 Å². The van der Waals surface area contributed by atoms with Gasteiger partial charge in [-0.1, -0.05) is 29.3 Å². The van der Waals surface area contributed by atoms with Crippen molar-refractivity contribution < 1.29 is 18.4 Å². The number of hydrogen-bond acceptors (Lipinski definition) is 3. The van der Waals surface area contributed by atoms with Crippen LogP contribution in [0.15, 0.2) is 30.3 Å². The van der Waals surface area contributed by atoms with E-state index in [2.05, 4.69) is 10.2 Å². The topological polar surface area (TPSA) is 52.7 Å². The van der Waals surface area contributed by atoms with E-state index in [0.29, 0.717) is 42.1 Å². The molecule has 176 valence electrons. The van der Waals surface area contributed by atoms with E-state index in [4.69, 9.17) is 23.2 Å². The monoisotopic (exact) mass is 495 g/mol. The van der Waals surface area contributed by atoms with Crippen molar-refractivity contribution in [2.24, 2.45) is 11.8 Å². The van der Waals surface area contributed by atoms with E-state index in [1.165, 1.54) is 0 Å². The van der Waals surface area contributed by atoms with Crippen LogP contribution in [-0.4, -0.2) is 60.9 Å². The van der Waals surface area contributed by atoms with Crippen molar-refractivity contribution in [1.29, 1.82) is 0 Å². The minimum Gasteiger partial charge on any atom is -0.352 e. The van der Waals surface area contributed by atoms with Crippen LogP contribution >= 0.6 is 23.2 Å². The summed E-state index contributed by atoms with van der Waals surface area (Å²) in [5.41, 5.74) is 1.48. The second-order valence-electron chi connectivity index (χ2n) is 8.81. The Kier molecular flexibility index (Phi) is 7.22. The summed E-state index contributed by atoms with van der Waals surface area (Å²) in [5.74, 6) is -1.97. The molecule has 33 heavy (non-hydrogen) atoms. The van der Waals surface area contributed by atoms with Crippen LogP contribution in [0.1, 0.15) is 32.7 Å². The molecule has 1 N–H and O–H groups in total. The highest BCUT2D eigenvalue weighted by Crippen LogP contribution is 2.33. The number of nitrogens with one attached hydrogen (secondary N) is 1. The average molecular weight is 496 g/mol. The minimum absolute atomic E-state index is 0.00185. The first kappa shape index (κ1) is 23.9. The van der Waals surface area contributed by atoms with Gasteiger partial charge in [0.25, 0.3) is 11.8 Å². The Balaban J connectivity index is 1.21. The van der Waals surface area contributed by atoms with Gasteiger partial charge in [-0.15, -0.1) is 0 Å². The first-order valence-corrected chi connectivity index (χ1v) is 11.7. The quantitative estimate of drug-likeness (QED) is 0.477. The van der Waals surface area contributed by atoms with Gasteiger partial charge in [-0.05, 0) is 61.6 Å². The van der Waals surface area contributed by atoms with Gasteiger partial charge in [0, 0.05) is 43.3 Å². The summed E-state index contributed by atoms with van der Waals surface area (Å²) in [6.45, 7) is 6.17. The molecule has 5 nitrogen and oxygen atoms in total. The lowest BCUT2D eigenvalue weighted by molar-refractivity contribution is 0.0773. The largest absolute Gasteiger partial charge is 0.352 e. The standard InChI is InChI=1S/C24H25Cl2F2N3O2/c1-14-3-4-15(7-19(14)25)23(32)29-5-2-6-30-10-16-12-31(13-17(16)11-30)24(33)18-8-21(27)22(28)9-20(18)26/h3-4,7-9,16-17H,2,5-6,10-13H2,1H3,(H,29,32). The van der Waals surface area contributed by atoms with Crippen LogP contribution < -0.4 is 5.32 Å². The number of aryl methyl sites for hydroxylation is 1. The molecule has 2 saturated heterocycles. The molecule has 2 aliphatic heterocycles. The van der Waals surface area contributed by atoms with Crippen LogP contribution in [0, 0.1) is 30.4 Å². The Morgan fingerprint density at radius 1 is 1.00 bits per heavy atom. The predicted octanol–water partition coefficient (Wildman–Crippen LogP) is 4.40. The summed E-state index contributed by atoms with van der Waals surface area (Å²) in [6.07, 6.45) is 0.817. The molecular formula is C24H25Cl2F2N3O2. The molecule has 2 aromatic carbocycles. The number of benzene rings is 2. The third-order valence-corrected chi connectivity index (χ3v) is 7.18. The fourth-order valence-electron chi connectivity index (χ4n) is 4.64. The smallest absolute Gasteiger partial charge is 0.255 e. The number of halogens is 4. The highest BCUT2D eigenvalue weighted by Gasteiger charge is 2.41. The molecule has 2 amide bonds. The van der Waals surface area contributed by atoms with Gasteiger partial charge >= 0.3 is 0 Å². The van der Waals surface area contributed by atoms with Crippen LogP contribution in [0.4, 0.5) is 8.78 Å². The zero-order valence-corrected chi connectivity index (χ0v) is 19.7. The number of hydrogen-bond donors (Lipinski definition) is 1. The molecule has 2 aliphatic rings. The summed E-state index contributed by atoms with van der Waals surface area (Å²) in [4.78, 5) is 29.1. The number of carbonyl (C=O) groups excluding carboxylic acids is 2. The molecule has 4 rings (SSSR count). The van der Waals surface area contributed by atoms with Crippen LogP contribution in [0.2, 0.25) is 10.0 Å². The zero-order valence-electron chi connectivity index (χ0n) is 18.2. The number of fused-ring (bicyclic) bond motifs is 1. The summed E-state index contributed by atoms with van der Waals surface area (Å²) in [7, 11) is 0. The first-order chi connectivity index (χ1) is 15.7. The fraction of sp³-hybridized carbons (Fsp3) is 0.417. The second-order valence-corrected chi connectivity index (χ2v) is 9.62. The Bertz CT molecular complexity index is 1070. The lowest BCUT2D eigenvalue weighted by Gasteiger charge is -2.22. The van der Waals surface area contributed by atoms with Crippen molar-refractivity contribution >= 4 is 35.0 Å². The summed E-state index contributed by atoms with van der Waals surface area (Å²) < 4.78 is 26.9. The average Bonchev–Trinajstić information content (AvgIpc) is 3.34. The Morgan fingerprint density at radius 3 is 2.33 bits per heavy atom. The Labute approximate surface area is 201 Å². The summed E-state index contributed by atoms with van der Waals surface area (Å²) >= 11 is 12.1. The van der Waals surface area contributed by atoms with Crippen LogP contribution in [0.5, 0.6) is 0 Å². The zero-order chi connectivity index (χ0) is 23.7. The molecule has 2 heterocycles. The van der Waals surface area contributed by atoms with Crippen LogP contribution in [-0.2, 0) is 0 Å². The van der Waals surface area contributed by atoms with E-state index in [1.54, 1.807) is 17.0 Å². The third kappa shape index (κ3) is 5.31. The van der Waals surface area contributed by atoms with Crippen molar-refractivity contribution in [3.8, 4) is 0 Å². The highest BCUT2D eigenvalue weighted by molar-refractivity contribution is 6.33. The Hall–Kier alpha value is -2.22. The molecule has 2 fully saturated rings. The van der Waals surface area contributed by atoms with Crippen LogP contribution in [0.25, 0.3) is 0 Å². The van der Waals surface area contributed by atoms with Crippen molar-refractivity contribution in [3.63, 3.8) is 0 Å². The number of nitrogens with zero attached hydrogens (tertiary/aromatic N) is 2. The third-order valence-electron chi connectivity index (χ3n) is 6.46. The van der Waals surface area contributed by atoms with E-state index in [-0.39, 0.29) is 22.4 Å². The maximum Gasteiger partial charge on any atom is 0.255 e.